The van der Waals surface area contributed by atoms with Gasteiger partial charge in [0.1, 0.15) is 12.3 Å². The highest BCUT2D eigenvalue weighted by molar-refractivity contribution is 7.13. The van der Waals surface area contributed by atoms with Crippen LogP contribution in [0.3, 0.4) is 0 Å². The molecule has 2 amide bonds. The van der Waals surface area contributed by atoms with E-state index in [0.29, 0.717) is 19.3 Å². The quantitative estimate of drug-likeness (QED) is 0.141. The lowest BCUT2D eigenvalue weighted by molar-refractivity contribution is -0.153. The van der Waals surface area contributed by atoms with E-state index in [1.165, 1.54) is 4.90 Å². The Hall–Kier alpha value is -3.15. The lowest BCUT2D eigenvalue weighted by atomic mass is 9.85. The van der Waals surface area contributed by atoms with Gasteiger partial charge in [-0.05, 0) is 43.2 Å². The van der Waals surface area contributed by atoms with Crippen LogP contribution in [-0.2, 0) is 30.5 Å². The van der Waals surface area contributed by atoms with E-state index in [2.05, 4.69) is 15.6 Å². The summed E-state index contributed by atoms with van der Waals surface area (Å²) in [5, 5.41) is 16.4. The first kappa shape index (κ1) is 32.4. The number of ether oxygens (including phenoxy) is 1. The summed E-state index contributed by atoms with van der Waals surface area (Å²) >= 11 is 1.58. The maximum atomic E-state index is 13.8. The number of aliphatic hydroxyl groups is 1. The minimum atomic E-state index is -0.820. The number of aromatic nitrogens is 1. The monoisotopic (exact) mass is 586 g/mol. The molecule has 41 heavy (non-hydrogen) atoms. The number of aldehydes is 1. The van der Waals surface area contributed by atoms with Gasteiger partial charge in [-0.3, -0.25) is 19.7 Å². The molecule has 1 aromatic heterocycles. The van der Waals surface area contributed by atoms with Gasteiger partial charge in [-0.1, -0.05) is 45.0 Å². The molecule has 4 atom stereocenters. The van der Waals surface area contributed by atoms with E-state index in [1.54, 1.807) is 18.3 Å². The summed E-state index contributed by atoms with van der Waals surface area (Å²) in [7, 11) is 0. The smallest absolute Gasteiger partial charge is 0.307 e. The fourth-order valence-electron chi connectivity index (χ4n) is 4.85. The van der Waals surface area contributed by atoms with Crippen LogP contribution in [0.1, 0.15) is 71.1 Å². The molecule has 2 heterocycles. The van der Waals surface area contributed by atoms with Gasteiger partial charge >= 0.3 is 5.97 Å². The Balaban J connectivity index is 1.61. The van der Waals surface area contributed by atoms with Gasteiger partial charge in [-0.15, -0.1) is 11.3 Å². The van der Waals surface area contributed by atoms with Crippen LogP contribution in [-0.4, -0.2) is 70.0 Å². The van der Waals surface area contributed by atoms with Gasteiger partial charge in [0, 0.05) is 32.4 Å². The fraction of sp³-hybridized carbons (Fsp3) is 0.567. The predicted octanol–water partition coefficient (Wildman–Crippen LogP) is 3.35. The fourth-order valence-corrected chi connectivity index (χ4v) is 5.66. The van der Waals surface area contributed by atoms with Crippen molar-refractivity contribution in [3.05, 3.63) is 41.0 Å². The minimum Gasteiger partial charge on any atom is -0.447 e. The predicted molar refractivity (Wildman–Crippen MR) is 157 cm³/mol. The van der Waals surface area contributed by atoms with Crippen molar-refractivity contribution in [2.24, 2.45) is 5.41 Å². The Morgan fingerprint density at radius 2 is 1.93 bits per heavy atom. The van der Waals surface area contributed by atoms with Gasteiger partial charge in [0.15, 0.2) is 6.23 Å². The third-order valence-corrected chi connectivity index (χ3v) is 8.05. The highest BCUT2D eigenvalue weighted by Gasteiger charge is 2.44. The molecule has 0 saturated carbocycles. The molecule has 2 aromatic rings. The van der Waals surface area contributed by atoms with Crippen molar-refractivity contribution in [2.75, 3.05) is 6.54 Å². The third kappa shape index (κ3) is 9.17. The SMILES string of the molecule is Cc1ncsc1-c1ccc(CNC(=O)[C@@H]2C[C@@H](O)CN2C(=O)[C@@H](NC(C)OC(=O)CCCCC=O)C(C)(C)C)cc1. The highest BCUT2D eigenvalue weighted by Crippen LogP contribution is 2.28. The van der Waals surface area contributed by atoms with Crippen molar-refractivity contribution in [2.45, 2.75) is 97.7 Å². The van der Waals surface area contributed by atoms with Crippen LogP contribution in [0.15, 0.2) is 29.8 Å². The molecular weight excluding hydrogens is 544 g/mol. The molecule has 0 aliphatic carbocycles. The number of benzene rings is 1. The molecule has 0 bridgehead atoms. The molecule has 3 rings (SSSR count). The van der Waals surface area contributed by atoms with Crippen molar-refractivity contribution >= 4 is 35.4 Å². The Labute approximate surface area is 245 Å². The average molecular weight is 587 g/mol. The summed E-state index contributed by atoms with van der Waals surface area (Å²) in [6.45, 7) is 9.60. The number of likely N-dealkylation sites (tertiary alicyclic amines) is 1. The van der Waals surface area contributed by atoms with Crippen LogP contribution < -0.4 is 10.6 Å². The molecule has 11 heteroatoms. The van der Waals surface area contributed by atoms with Gasteiger partial charge in [-0.2, -0.15) is 0 Å². The number of carbonyl (C=O) groups excluding carboxylic acids is 4. The van der Waals surface area contributed by atoms with Gasteiger partial charge in [-0.25, -0.2) is 4.98 Å². The van der Waals surface area contributed by atoms with Gasteiger partial charge in [0.25, 0.3) is 0 Å². The highest BCUT2D eigenvalue weighted by atomic mass is 32.1. The Bertz CT molecular complexity index is 1190. The van der Waals surface area contributed by atoms with E-state index in [1.807, 2.05) is 57.5 Å². The number of hydrogen-bond acceptors (Lipinski definition) is 9. The number of β-amino-alcohol motifs (C(OH)–C–C–N with tert-alkyl or cyclic N) is 1. The molecule has 0 radical (unpaired) electrons. The average Bonchev–Trinajstić information content (AvgIpc) is 3.53. The molecule has 3 N–H and O–H groups in total. The van der Waals surface area contributed by atoms with Crippen molar-refractivity contribution in [1.29, 1.82) is 0 Å². The molecule has 10 nitrogen and oxygen atoms in total. The topological polar surface area (TPSA) is 138 Å². The zero-order chi connectivity index (χ0) is 30.2. The van der Waals surface area contributed by atoms with Gasteiger partial charge < -0.3 is 24.9 Å². The second kappa shape index (κ2) is 14.7. The van der Waals surface area contributed by atoms with Crippen LogP contribution in [0.4, 0.5) is 0 Å². The number of rotatable bonds is 13. The molecular formula is C30H42N4O6S. The summed E-state index contributed by atoms with van der Waals surface area (Å²) in [4.78, 5) is 56.5. The van der Waals surface area contributed by atoms with E-state index in [9.17, 15) is 24.3 Å². The number of thiazole rings is 1. The van der Waals surface area contributed by atoms with Gasteiger partial charge in [0.05, 0.1) is 28.2 Å². The molecule has 224 valence electrons. The summed E-state index contributed by atoms with van der Waals surface area (Å²) < 4.78 is 5.45. The maximum Gasteiger partial charge on any atom is 0.307 e. The number of esters is 1. The van der Waals surface area contributed by atoms with Gasteiger partial charge in [0.2, 0.25) is 11.8 Å². The lowest BCUT2D eigenvalue weighted by Gasteiger charge is -2.36. The van der Waals surface area contributed by atoms with Crippen LogP contribution in [0, 0.1) is 12.3 Å². The minimum absolute atomic E-state index is 0.0407. The number of unbranched alkanes of at least 4 members (excludes halogenated alkanes) is 2. The summed E-state index contributed by atoms with van der Waals surface area (Å²) in [6, 6.07) is 6.30. The number of hydrogen-bond donors (Lipinski definition) is 3. The van der Waals surface area contributed by atoms with E-state index in [4.69, 9.17) is 4.74 Å². The van der Waals surface area contributed by atoms with Crippen LogP contribution in [0.5, 0.6) is 0 Å². The van der Waals surface area contributed by atoms with Crippen LogP contribution >= 0.6 is 11.3 Å². The lowest BCUT2D eigenvalue weighted by Crippen LogP contribution is -2.58. The van der Waals surface area contributed by atoms with Crippen molar-refractivity contribution < 1.29 is 29.0 Å². The molecule has 0 spiro atoms. The number of amides is 2. The Kier molecular flexibility index (Phi) is 11.6. The number of aliphatic hydroxyl groups excluding tert-OH is 1. The normalized spacial score (nSPS) is 18.5. The standard InChI is InChI=1S/C30H42N4O6S/c1-19-26(41-18-32-19)22-12-10-21(11-13-22)16-31-28(38)24-15-23(36)17-34(24)29(39)27(30(3,4)5)33-20(2)40-25(37)9-7-6-8-14-35/h10-14,18,20,23-24,27,33,36H,6-9,15-17H2,1-5H3,(H,31,38)/t20?,23-,24+,27-/m1/s1. The Morgan fingerprint density at radius 3 is 2.54 bits per heavy atom. The first-order valence-electron chi connectivity index (χ1n) is 14.1. The first-order chi connectivity index (χ1) is 19.4. The number of carbonyl (C=O) groups is 4. The summed E-state index contributed by atoms with van der Waals surface area (Å²) in [5.74, 6) is -1.09. The zero-order valence-electron chi connectivity index (χ0n) is 24.5. The molecule has 1 unspecified atom stereocenters. The second-order valence-electron chi connectivity index (χ2n) is 11.6. The van der Waals surface area contributed by atoms with Crippen LogP contribution in [0.2, 0.25) is 0 Å². The van der Waals surface area contributed by atoms with Crippen LogP contribution in [0.25, 0.3) is 10.4 Å². The summed E-state index contributed by atoms with van der Waals surface area (Å²) in [6.07, 6.45) is 1.13. The van der Waals surface area contributed by atoms with Crippen molar-refractivity contribution in [3.8, 4) is 10.4 Å². The zero-order valence-corrected chi connectivity index (χ0v) is 25.3. The Morgan fingerprint density at radius 1 is 1.22 bits per heavy atom. The van der Waals surface area contributed by atoms with E-state index >= 15 is 0 Å². The van der Waals surface area contributed by atoms with E-state index in [0.717, 1.165) is 28.0 Å². The summed E-state index contributed by atoms with van der Waals surface area (Å²) in [5.41, 5.74) is 4.19. The molecule has 1 saturated heterocycles. The number of aryl methyl sites for hydroxylation is 1. The molecule has 1 aliphatic heterocycles. The maximum absolute atomic E-state index is 13.8. The molecule has 1 aromatic carbocycles. The third-order valence-electron chi connectivity index (χ3n) is 7.07. The number of nitrogens with one attached hydrogen (secondary N) is 2. The first-order valence-corrected chi connectivity index (χ1v) is 14.9. The van der Waals surface area contributed by atoms with Crippen molar-refractivity contribution in [3.63, 3.8) is 0 Å². The molecule has 1 fully saturated rings. The number of nitrogens with zero attached hydrogens (tertiary/aromatic N) is 2. The molecule has 1 aliphatic rings. The van der Waals surface area contributed by atoms with E-state index < -0.39 is 35.8 Å². The van der Waals surface area contributed by atoms with E-state index in [-0.39, 0.29) is 37.7 Å². The van der Waals surface area contributed by atoms with Crippen molar-refractivity contribution in [1.82, 2.24) is 20.5 Å². The second-order valence-corrected chi connectivity index (χ2v) is 12.4. The largest absolute Gasteiger partial charge is 0.447 e.